The van der Waals surface area contributed by atoms with Crippen LogP contribution in [0, 0.1) is 0 Å². The van der Waals surface area contributed by atoms with Crippen molar-refractivity contribution in [2.75, 3.05) is 17.7 Å². The molecule has 1 aliphatic heterocycles. The number of piperidine rings is 1. The highest BCUT2D eigenvalue weighted by Crippen LogP contribution is 2.36. The molecule has 2 unspecified atom stereocenters. The molecular weight excluding hydrogens is 304 g/mol. The van der Waals surface area contributed by atoms with E-state index in [1.165, 1.54) is 0 Å². The number of imide groups is 1. The van der Waals surface area contributed by atoms with E-state index in [-0.39, 0.29) is 17.7 Å². The van der Waals surface area contributed by atoms with Gasteiger partial charge in [0, 0.05) is 18.7 Å². The molecule has 0 bridgehead atoms. The fourth-order valence-electron chi connectivity index (χ4n) is 2.76. The van der Waals surface area contributed by atoms with Gasteiger partial charge in [-0.25, -0.2) is 0 Å². The summed E-state index contributed by atoms with van der Waals surface area (Å²) in [6.45, 7) is 2.33. The number of hydrogen-bond acceptors (Lipinski definition) is 4. The van der Waals surface area contributed by atoms with Crippen LogP contribution >= 0.6 is 11.6 Å². The van der Waals surface area contributed by atoms with Gasteiger partial charge in [-0.1, -0.05) is 19.1 Å². The molecule has 1 saturated heterocycles. The number of benzene rings is 1. The summed E-state index contributed by atoms with van der Waals surface area (Å²) in [5.41, 5.74) is 1.12. The lowest BCUT2D eigenvalue weighted by Crippen LogP contribution is -2.51. The molecule has 1 aromatic carbocycles. The van der Waals surface area contributed by atoms with Gasteiger partial charge in [-0.3, -0.25) is 14.9 Å². The van der Waals surface area contributed by atoms with E-state index >= 15 is 0 Å². The lowest BCUT2D eigenvalue weighted by atomic mass is 9.72. The topological polar surface area (TPSA) is 78.4 Å². The minimum Gasteiger partial charge on any atom is -0.390 e. The summed E-state index contributed by atoms with van der Waals surface area (Å²) in [5, 5.41) is 15.0. The predicted octanol–water partition coefficient (Wildman–Crippen LogP) is 1.78. The van der Waals surface area contributed by atoms with Gasteiger partial charge in [0.2, 0.25) is 11.8 Å². The molecule has 0 aromatic heterocycles. The van der Waals surface area contributed by atoms with E-state index in [0.29, 0.717) is 25.8 Å². The number of amides is 2. The molecule has 2 atom stereocenters. The summed E-state index contributed by atoms with van der Waals surface area (Å²) in [4.78, 5) is 23.7. The van der Waals surface area contributed by atoms with Crippen molar-refractivity contribution < 1.29 is 14.7 Å². The Morgan fingerprint density at radius 2 is 2.05 bits per heavy atom. The highest BCUT2D eigenvalue weighted by molar-refractivity contribution is 6.18. The molecule has 2 rings (SSSR count). The zero-order valence-electron chi connectivity index (χ0n) is 12.6. The van der Waals surface area contributed by atoms with Crippen LogP contribution in [0.1, 0.15) is 31.7 Å². The first-order valence-electron chi connectivity index (χ1n) is 7.44. The number of carbonyl (C=O) groups is 2. The van der Waals surface area contributed by atoms with E-state index in [1.54, 1.807) is 0 Å². The SMILES string of the molecule is CCC1(c2ccc(NCC(O)CCl)cc2)CCC(=O)NC1=O. The lowest BCUT2D eigenvalue weighted by molar-refractivity contribution is -0.138. The van der Waals surface area contributed by atoms with Gasteiger partial charge in [0.05, 0.1) is 17.4 Å². The molecule has 1 aliphatic rings. The zero-order chi connectivity index (χ0) is 16.2. The Hall–Kier alpha value is -1.59. The molecule has 2 amide bonds. The van der Waals surface area contributed by atoms with Crippen molar-refractivity contribution in [3.05, 3.63) is 29.8 Å². The Morgan fingerprint density at radius 1 is 1.36 bits per heavy atom. The van der Waals surface area contributed by atoms with E-state index in [9.17, 15) is 14.7 Å². The average Bonchev–Trinajstić information content (AvgIpc) is 2.54. The van der Waals surface area contributed by atoms with Gasteiger partial charge >= 0.3 is 0 Å². The van der Waals surface area contributed by atoms with Crippen LogP contribution < -0.4 is 10.6 Å². The third kappa shape index (κ3) is 3.42. The van der Waals surface area contributed by atoms with E-state index in [4.69, 9.17) is 11.6 Å². The van der Waals surface area contributed by atoms with Crippen LogP contribution in [-0.2, 0) is 15.0 Å². The van der Waals surface area contributed by atoms with Crippen LogP contribution in [0.2, 0.25) is 0 Å². The van der Waals surface area contributed by atoms with Gasteiger partial charge < -0.3 is 10.4 Å². The third-order valence-electron chi connectivity index (χ3n) is 4.23. The fourth-order valence-corrected chi connectivity index (χ4v) is 2.87. The number of anilines is 1. The number of aliphatic hydroxyl groups is 1. The molecular formula is C16H21ClN2O3. The van der Waals surface area contributed by atoms with Crippen molar-refractivity contribution >= 4 is 29.1 Å². The first kappa shape index (κ1) is 16.8. The van der Waals surface area contributed by atoms with Gasteiger partial charge in [0.25, 0.3) is 0 Å². The maximum atomic E-state index is 12.3. The molecule has 22 heavy (non-hydrogen) atoms. The largest absolute Gasteiger partial charge is 0.390 e. The Morgan fingerprint density at radius 3 is 2.59 bits per heavy atom. The van der Waals surface area contributed by atoms with Gasteiger partial charge in [-0.05, 0) is 30.5 Å². The summed E-state index contributed by atoms with van der Waals surface area (Å²) >= 11 is 5.55. The molecule has 3 N–H and O–H groups in total. The Labute approximate surface area is 135 Å². The summed E-state index contributed by atoms with van der Waals surface area (Å²) in [7, 11) is 0. The maximum absolute atomic E-state index is 12.3. The number of carbonyl (C=O) groups excluding carboxylic acids is 2. The smallest absolute Gasteiger partial charge is 0.237 e. The molecule has 0 spiro atoms. The maximum Gasteiger partial charge on any atom is 0.237 e. The summed E-state index contributed by atoms with van der Waals surface area (Å²) in [5.74, 6) is -0.245. The number of aliphatic hydroxyl groups excluding tert-OH is 1. The highest BCUT2D eigenvalue weighted by Gasteiger charge is 2.42. The molecule has 120 valence electrons. The highest BCUT2D eigenvalue weighted by atomic mass is 35.5. The number of halogens is 1. The molecule has 0 aliphatic carbocycles. The fraction of sp³-hybridized carbons (Fsp3) is 0.500. The minimum atomic E-state index is -0.637. The van der Waals surface area contributed by atoms with Crippen molar-refractivity contribution in [1.82, 2.24) is 5.32 Å². The van der Waals surface area contributed by atoms with Crippen molar-refractivity contribution in [1.29, 1.82) is 0 Å². The van der Waals surface area contributed by atoms with Crippen LogP contribution in [0.3, 0.4) is 0 Å². The summed E-state index contributed by atoms with van der Waals surface area (Å²) in [6.07, 6.45) is 0.940. The molecule has 5 nitrogen and oxygen atoms in total. The number of hydrogen-bond donors (Lipinski definition) is 3. The van der Waals surface area contributed by atoms with E-state index in [0.717, 1.165) is 11.3 Å². The van der Waals surface area contributed by atoms with Crippen LogP contribution in [0.15, 0.2) is 24.3 Å². The average molecular weight is 325 g/mol. The van der Waals surface area contributed by atoms with E-state index in [1.807, 2.05) is 31.2 Å². The molecule has 0 radical (unpaired) electrons. The Balaban J connectivity index is 2.14. The van der Waals surface area contributed by atoms with Crippen LogP contribution in [-0.4, -0.2) is 35.4 Å². The number of alkyl halides is 1. The standard InChI is InChI=1S/C16H21ClN2O3/c1-2-16(8-7-14(21)19-15(16)22)11-3-5-12(6-4-11)18-10-13(20)9-17/h3-6,13,18,20H,2,7-10H2,1H3,(H,19,21,22). The Kier molecular flexibility index (Phi) is 5.42. The van der Waals surface area contributed by atoms with Crippen molar-refractivity contribution in [3.63, 3.8) is 0 Å². The third-order valence-corrected chi connectivity index (χ3v) is 4.58. The monoisotopic (exact) mass is 324 g/mol. The number of nitrogens with one attached hydrogen (secondary N) is 2. The summed E-state index contributed by atoms with van der Waals surface area (Å²) < 4.78 is 0. The lowest BCUT2D eigenvalue weighted by Gasteiger charge is -2.35. The Bertz CT molecular complexity index is 547. The second-order valence-corrected chi connectivity index (χ2v) is 5.89. The first-order chi connectivity index (χ1) is 10.5. The van der Waals surface area contributed by atoms with Crippen LogP contribution in [0.4, 0.5) is 5.69 Å². The predicted molar refractivity (Wildman–Crippen MR) is 86.0 cm³/mol. The van der Waals surface area contributed by atoms with E-state index in [2.05, 4.69) is 10.6 Å². The molecule has 1 aromatic rings. The van der Waals surface area contributed by atoms with E-state index < -0.39 is 11.5 Å². The molecule has 1 heterocycles. The second kappa shape index (κ2) is 7.11. The van der Waals surface area contributed by atoms with Gasteiger partial charge in [-0.2, -0.15) is 0 Å². The zero-order valence-corrected chi connectivity index (χ0v) is 13.3. The number of rotatable bonds is 6. The normalized spacial score (nSPS) is 23.0. The first-order valence-corrected chi connectivity index (χ1v) is 7.98. The summed E-state index contributed by atoms with van der Waals surface area (Å²) in [6, 6.07) is 7.54. The van der Waals surface area contributed by atoms with Gasteiger partial charge in [0.1, 0.15) is 0 Å². The second-order valence-electron chi connectivity index (χ2n) is 5.58. The van der Waals surface area contributed by atoms with Crippen molar-refractivity contribution in [2.45, 2.75) is 37.7 Å². The van der Waals surface area contributed by atoms with Crippen LogP contribution in [0.25, 0.3) is 0 Å². The minimum absolute atomic E-state index is 0.179. The van der Waals surface area contributed by atoms with Crippen LogP contribution in [0.5, 0.6) is 0 Å². The quantitative estimate of drug-likeness (QED) is 0.550. The molecule has 1 fully saturated rings. The molecule has 0 saturated carbocycles. The van der Waals surface area contributed by atoms with Gasteiger partial charge in [-0.15, -0.1) is 11.6 Å². The molecule has 6 heteroatoms. The van der Waals surface area contributed by atoms with Gasteiger partial charge in [0.15, 0.2) is 0 Å². The van der Waals surface area contributed by atoms with Crippen molar-refractivity contribution in [2.24, 2.45) is 0 Å². The van der Waals surface area contributed by atoms with Crippen molar-refractivity contribution in [3.8, 4) is 0 Å².